The third-order valence-electron chi connectivity index (χ3n) is 3.89. The predicted octanol–water partition coefficient (Wildman–Crippen LogP) is 2.60. The Morgan fingerprint density at radius 1 is 0.957 bits per heavy atom. The van der Waals surface area contributed by atoms with Crippen molar-refractivity contribution in [2.24, 2.45) is 0 Å². The summed E-state index contributed by atoms with van der Waals surface area (Å²) >= 11 is 0. The van der Waals surface area contributed by atoms with Crippen molar-refractivity contribution in [2.75, 3.05) is 11.6 Å². The minimum atomic E-state index is -0.371. The number of nitrogens with zero attached hydrogens (tertiary/aromatic N) is 2. The van der Waals surface area contributed by atoms with Crippen molar-refractivity contribution in [1.82, 2.24) is 4.90 Å². The van der Waals surface area contributed by atoms with Crippen molar-refractivity contribution in [3.8, 4) is 0 Å². The lowest BCUT2D eigenvalue weighted by molar-refractivity contribution is -0.116. The standard InChI is InChI=1S/C18H16N2O3/c1-12-7-9-14(10-8-12)19(13(2)21)11-20-17(22)15-5-3-4-6-16(15)18(20)23/h3-10H,11H2,1-2H3. The van der Waals surface area contributed by atoms with Crippen molar-refractivity contribution in [1.29, 1.82) is 0 Å². The van der Waals surface area contributed by atoms with Gasteiger partial charge in [0.15, 0.2) is 0 Å². The van der Waals surface area contributed by atoms with Gasteiger partial charge in [0, 0.05) is 12.6 Å². The predicted molar refractivity (Wildman–Crippen MR) is 86.1 cm³/mol. The van der Waals surface area contributed by atoms with Crippen LogP contribution in [-0.4, -0.2) is 29.3 Å². The Kier molecular flexibility index (Phi) is 3.70. The zero-order valence-electron chi connectivity index (χ0n) is 12.9. The molecular formula is C18H16N2O3. The summed E-state index contributed by atoms with van der Waals surface area (Å²) < 4.78 is 0. The van der Waals surface area contributed by atoms with Crippen LogP contribution in [-0.2, 0) is 4.79 Å². The summed E-state index contributed by atoms with van der Waals surface area (Å²) in [5.74, 6) is -0.974. The van der Waals surface area contributed by atoms with Gasteiger partial charge in [0.2, 0.25) is 5.91 Å². The van der Waals surface area contributed by atoms with E-state index in [1.54, 1.807) is 36.4 Å². The summed E-state index contributed by atoms with van der Waals surface area (Å²) in [6.07, 6.45) is 0. The van der Waals surface area contributed by atoms with Crippen LogP contribution in [0.15, 0.2) is 48.5 Å². The maximum Gasteiger partial charge on any atom is 0.263 e. The van der Waals surface area contributed by atoms with Crippen LogP contribution in [0.2, 0.25) is 0 Å². The number of carbonyl (C=O) groups is 3. The van der Waals surface area contributed by atoms with Gasteiger partial charge in [0.05, 0.1) is 11.1 Å². The average molecular weight is 308 g/mol. The molecule has 1 aliphatic rings. The van der Waals surface area contributed by atoms with Gasteiger partial charge in [-0.25, -0.2) is 0 Å². The maximum absolute atomic E-state index is 12.4. The first-order chi connectivity index (χ1) is 11.0. The highest BCUT2D eigenvalue weighted by molar-refractivity contribution is 6.21. The van der Waals surface area contributed by atoms with Crippen molar-refractivity contribution in [3.63, 3.8) is 0 Å². The number of hydrogen-bond acceptors (Lipinski definition) is 3. The number of rotatable bonds is 3. The zero-order chi connectivity index (χ0) is 16.6. The fourth-order valence-corrected chi connectivity index (χ4v) is 2.60. The second-order valence-corrected chi connectivity index (χ2v) is 5.51. The molecule has 2 aromatic rings. The number of aryl methyl sites for hydroxylation is 1. The largest absolute Gasteiger partial charge is 0.294 e. The number of carbonyl (C=O) groups excluding carboxylic acids is 3. The Morgan fingerprint density at radius 3 is 1.96 bits per heavy atom. The van der Waals surface area contributed by atoms with Gasteiger partial charge in [-0.1, -0.05) is 29.8 Å². The minimum absolute atomic E-state index is 0.0925. The number of hydrogen-bond donors (Lipinski definition) is 0. The molecule has 3 rings (SSSR count). The van der Waals surface area contributed by atoms with E-state index in [0.717, 1.165) is 10.5 Å². The van der Waals surface area contributed by atoms with Crippen LogP contribution in [0.4, 0.5) is 5.69 Å². The van der Waals surface area contributed by atoms with Crippen LogP contribution in [0.1, 0.15) is 33.2 Å². The summed E-state index contributed by atoms with van der Waals surface area (Å²) in [6.45, 7) is 3.27. The molecule has 0 aromatic heterocycles. The normalized spacial score (nSPS) is 13.2. The number of imide groups is 1. The minimum Gasteiger partial charge on any atom is -0.294 e. The first-order valence-corrected chi connectivity index (χ1v) is 7.29. The molecule has 0 N–H and O–H groups in total. The Labute approximate surface area is 134 Å². The number of anilines is 1. The van der Waals surface area contributed by atoms with Gasteiger partial charge in [-0.05, 0) is 31.2 Å². The Balaban J connectivity index is 1.90. The van der Waals surface area contributed by atoms with Gasteiger partial charge in [-0.15, -0.1) is 0 Å². The Bertz CT molecular complexity index is 761. The van der Waals surface area contributed by atoms with E-state index in [1.807, 2.05) is 19.1 Å². The molecule has 0 atom stereocenters. The lowest BCUT2D eigenvalue weighted by Gasteiger charge is -2.26. The number of fused-ring (bicyclic) bond motifs is 1. The summed E-state index contributed by atoms with van der Waals surface area (Å²) in [5.41, 5.74) is 2.48. The molecule has 3 amide bonds. The van der Waals surface area contributed by atoms with E-state index in [-0.39, 0.29) is 24.4 Å². The highest BCUT2D eigenvalue weighted by Gasteiger charge is 2.36. The van der Waals surface area contributed by atoms with Crippen LogP contribution in [0.3, 0.4) is 0 Å². The molecule has 0 bridgehead atoms. The van der Waals surface area contributed by atoms with Crippen LogP contribution < -0.4 is 4.90 Å². The fourth-order valence-electron chi connectivity index (χ4n) is 2.60. The highest BCUT2D eigenvalue weighted by atomic mass is 16.2. The molecule has 5 heteroatoms. The molecule has 116 valence electrons. The molecule has 0 aliphatic carbocycles. The Hall–Kier alpha value is -2.95. The summed E-state index contributed by atoms with van der Waals surface area (Å²) in [6, 6.07) is 14.1. The zero-order valence-corrected chi connectivity index (χ0v) is 12.9. The average Bonchev–Trinajstić information content (AvgIpc) is 2.78. The quantitative estimate of drug-likeness (QED) is 0.819. The molecule has 1 heterocycles. The lowest BCUT2D eigenvalue weighted by Crippen LogP contribution is -2.43. The van der Waals surface area contributed by atoms with E-state index in [4.69, 9.17) is 0 Å². The van der Waals surface area contributed by atoms with E-state index < -0.39 is 0 Å². The molecule has 0 radical (unpaired) electrons. The van der Waals surface area contributed by atoms with Gasteiger partial charge < -0.3 is 0 Å². The van der Waals surface area contributed by atoms with Crippen molar-refractivity contribution in [2.45, 2.75) is 13.8 Å². The van der Waals surface area contributed by atoms with E-state index in [1.165, 1.54) is 11.8 Å². The van der Waals surface area contributed by atoms with E-state index in [0.29, 0.717) is 16.8 Å². The van der Waals surface area contributed by atoms with E-state index in [2.05, 4.69) is 0 Å². The summed E-state index contributed by atoms with van der Waals surface area (Å²) in [4.78, 5) is 39.3. The lowest BCUT2D eigenvalue weighted by atomic mass is 10.1. The smallest absolute Gasteiger partial charge is 0.263 e. The maximum atomic E-state index is 12.4. The second kappa shape index (κ2) is 5.68. The molecule has 0 fully saturated rings. The molecule has 1 aliphatic heterocycles. The second-order valence-electron chi connectivity index (χ2n) is 5.51. The monoisotopic (exact) mass is 308 g/mol. The number of amides is 3. The molecule has 2 aromatic carbocycles. The Morgan fingerprint density at radius 2 is 1.48 bits per heavy atom. The van der Waals surface area contributed by atoms with Gasteiger partial charge in [-0.2, -0.15) is 0 Å². The van der Waals surface area contributed by atoms with Crippen molar-refractivity contribution in [3.05, 3.63) is 65.2 Å². The SMILES string of the molecule is CC(=O)N(CN1C(=O)c2ccccc2C1=O)c1ccc(C)cc1. The number of benzene rings is 2. The first-order valence-electron chi connectivity index (χ1n) is 7.29. The molecule has 0 spiro atoms. The van der Waals surface area contributed by atoms with Gasteiger partial charge in [0.1, 0.15) is 6.67 Å². The summed E-state index contributed by atoms with van der Waals surface area (Å²) in [7, 11) is 0. The first kappa shape index (κ1) is 15.0. The van der Waals surface area contributed by atoms with Crippen molar-refractivity contribution < 1.29 is 14.4 Å². The van der Waals surface area contributed by atoms with Gasteiger partial charge >= 0.3 is 0 Å². The highest BCUT2D eigenvalue weighted by Crippen LogP contribution is 2.24. The van der Waals surface area contributed by atoms with Crippen LogP contribution in [0.25, 0.3) is 0 Å². The molecule has 5 nitrogen and oxygen atoms in total. The molecule has 23 heavy (non-hydrogen) atoms. The van der Waals surface area contributed by atoms with E-state index >= 15 is 0 Å². The third kappa shape index (κ3) is 2.61. The molecule has 0 unspecified atom stereocenters. The third-order valence-corrected chi connectivity index (χ3v) is 3.89. The van der Waals surface area contributed by atoms with E-state index in [9.17, 15) is 14.4 Å². The van der Waals surface area contributed by atoms with Crippen LogP contribution in [0, 0.1) is 6.92 Å². The van der Waals surface area contributed by atoms with Crippen LogP contribution in [0.5, 0.6) is 0 Å². The summed E-state index contributed by atoms with van der Waals surface area (Å²) in [5, 5.41) is 0. The molecule has 0 saturated heterocycles. The molecular weight excluding hydrogens is 292 g/mol. The topological polar surface area (TPSA) is 57.7 Å². The fraction of sp³-hybridized carbons (Fsp3) is 0.167. The van der Waals surface area contributed by atoms with Crippen LogP contribution >= 0.6 is 0 Å². The van der Waals surface area contributed by atoms with Gasteiger partial charge in [0.25, 0.3) is 11.8 Å². The molecule has 0 saturated carbocycles. The van der Waals surface area contributed by atoms with Gasteiger partial charge in [-0.3, -0.25) is 24.2 Å². The van der Waals surface area contributed by atoms with Crippen molar-refractivity contribution >= 4 is 23.4 Å².